The number of amides is 1. The molecule has 1 amide bonds. The molecule has 0 bridgehead atoms. The predicted molar refractivity (Wildman–Crippen MR) is 148 cm³/mol. The molecule has 5 rings (SSSR count). The first-order valence-electron chi connectivity index (χ1n) is 12.8. The Morgan fingerprint density at radius 1 is 1.17 bits per heavy atom. The quantitative estimate of drug-likeness (QED) is 0.503. The van der Waals surface area contributed by atoms with Crippen LogP contribution in [0.5, 0.6) is 0 Å². The number of fused-ring (bicyclic) bond motifs is 1. The molecule has 1 aromatic carbocycles. The molecule has 8 nitrogen and oxygen atoms in total. The van der Waals surface area contributed by atoms with Gasteiger partial charge in [0.25, 0.3) is 0 Å². The SMILES string of the molecule is CCCC(=O)N1CCC(c2ccc(-c3cc4nccnc4c(NC[C@@H]4CNCCO4)n3)cc2)CC1.S. The lowest BCUT2D eigenvalue weighted by atomic mass is 9.88. The van der Waals surface area contributed by atoms with Crippen LogP contribution in [0.1, 0.15) is 44.1 Å². The summed E-state index contributed by atoms with van der Waals surface area (Å²) in [6.45, 7) is 6.87. The zero-order valence-electron chi connectivity index (χ0n) is 20.9. The van der Waals surface area contributed by atoms with Crippen molar-refractivity contribution in [1.82, 2.24) is 25.2 Å². The van der Waals surface area contributed by atoms with E-state index in [0.29, 0.717) is 24.8 Å². The molecule has 2 aromatic heterocycles. The highest BCUT2D eigenvalue weighted by atomic mass is 32.1. The van der Waals surface area contributed by atoms with Crippen molar-refractivity contribution >= 4 is 36.3 Å². The van der Waals surface area contributed by atoms with Gasteiger partial charge in [0.2, 0.25) is 5.91 Å². The minimum atomic E-state index is 0. The predicted octanol–water partition coefficient (Wildman–Crippen LogP) is 3.71. The molecular formula is C27H36N6O2S. The van der Waals surface area contributed by atoms with Gasteiger partial charge >= 0.3 is 0 Å². The number of likely N-dealkylation sites (tertiary alicyclic amines) is 1. The lowest BCUT2D eigenvalue weighted by molar-refractivity contribution is -0.132. The Morgan fingerprint density at radius 2 is 1.94 bits per heavy atom. The van der Waals surface area contributed by atoms with E-state index in [0.717, 1.165) is 80.2 Å². The molecule has 2 aliphatic heterocycles. The fourth-order valence-corrected chi connectivity index (χ4v) is 4.96. The normalized spacial score (nSPS) is 18.6. The number of nitrogens with zero attached hydrogens (tertiary/aromatic N) is 4. The van der Waals surface area contributed by atoms with Crippen LogP contribution >= 0.6 is 13.5 Å². The number of pyridine rings is 1. The summed E-state index contributed by atoms with van der Waals surface area (Å²) in [5, 5.41) is 6.80. The number of morpholine rings is 1. The van der Waals surface area contributed by atoms with E-state index >= 15 is 0 Å². The Kier molecular flexibility index (Phi) is 9.12. The molecule has 1 atom stereocenters. The summed E-state index contributed by atoms with van der Waals surface area (Å²) >= 11 is 0. The van der Waals surface area contributed by atoms with E-state index in [1.165, 1.54) is 5.56 Å². The van der Waals surface area contributed by atoms with Gasteiger partial charge in [-0.05, 0) is 36.8 Å². The van der Waals surface area contributed by atoms with Crippen molar-refractivity contribution < 1.29 is 9.53 Å². The summed E-state index contributed by atoms with van der Waals surface area (Å²) in [5.41, 5.74) is 4.83. The van der Waals surface area contributed by atoms with Crippen molar-refractivity contribution in [2.45, 2.75) is 44.6 Å². The average Bonchev–Trinajstić information content (AvgIpc) is 2.92. The third kappa shape index (κ3) is 6.14. The van der Waals surface area contributed by atoms with Gasteiger partial charge in [-0.15, -0.1) is 0 Å². The van der Waals surface area contributed by atoms with E-state index in [1.807, 2.05) is 11.0 Å². The Balaban J connectivity index is 0.00000304. The summed E-state index contributed by atoms with van der Waals surface area (Å²) in [4.78, 5) is 28.2. The van der Waals surface area contributed by atoms with Gasteiger partial charge in [-0.3, -0.25) is 9.78 Å². The van der Waals surface area contributed by atoms with Gasteiger partial charge < -0.3 is 20.3 Å². The lowest BCUT2D eigenvalue weighted by Gasteiger charge is -2.32. The van der Waals surface area contributed by atoms with E-state index in [-0.39, 0.29) is 19.6 Å². The Hall–Kier alpha value is -2.75. The third-order valence-electron chi connectivity index (χ3n) is 6.95. The Labute approximate surface area is 219 Å². The number of carbonyl (C=O) groups is 1. The van der Waals surface area contributed by atoms with Gasteiger partial charge in [-0.2, -0.15) is 13.5 Å². The van der Waals surface area contributed by atoms with Crippen molar-refractivity contribution in [3.8, 4) is 11.3 Å². The zero-order valence-corrected chi connectivity index (χ0v) is 21.9. The standard InChI is InChI=1S/C27H34N6O2.H2S/c1-2-3-25(34)33-13-8-20(9-14-33)19-4-6-21(7-5-19)23-16-24-26(30-11-10-29-24)27(32-23)31-18-22-17-28-12-15-35-22;/h4-7,10-11,16,20,22,28H,2-3,8-9,12-15,17-18H2,1H3,(H,31,32);1H2/t22-;/m0./s1. The van der Waals surface area contributed by atoms with Crippen LogP contribution in [-0.4, -0.2) is 71.2 Å². The monoisotopic (exact) mass is 508 g/mol. The molecule has 2 saturated heterocycles. The molecule has 0 saturated carbocycles. The van der Waals surface area contributed by atoms with E-state index < -0.39 is 0 Å². The maximum absolute atomic E-state index is 12.2. The first-order valence-corrected chi connectivity index (χ1v) is 12.8. The average molecular weight is 509 g/mol. The molecule has 0 spiro atoms. The van der Waals surface area contributed by atoms with Crippen molar-refractivity contribution in [2.75, 3.05) is 44.6 Å². The first-order chi connectivity index (χ1) is 17.2. The van der Waals surface area contributed by atoms with Crippen LogP contribution in [0.15, 0.2) is 42.7 Å². The zero-order chi connectivity index (χ0) is 24.0. The number of piperidine rings is 1. The van der Waals surface area contributed by atoms with Crippen LogP contribution in [0.2, 0.25) is 0 Å². The number of nitrogens with one attached hydrogen (secondary N) is 2. The summed E-state index contributed by atoms with van der Waals surface area (Å²) in [5.74, 6) is 1.52. The van der Waals surface area contributed by atoms with Crippen molar-refractivity contribution in [3.63, 3.8) is 0 Å². The fraction of sp³-hybridized carbons (Fsp3) is 0.481. The molecule has 0 aliphatic carbocycles. The van der Waals surface area contributed by atoms with Crippen LogP contribution in [-0.2, 0) is 9.53 Å². The maximum atomic E-state index is 12.2. The van der Waals surface area contributed by atoms with E-state index in [4.69, 9.17) is 9.72 Å². The van der Waals surface area contributed by atoms with Gasteiger partial charge in [0, 0.05) is 57.1 Å². The number of hydrogen-bond acceptors (Lipinski definition) is 7. The van der Waals surface area contributed by atoms with E-state index in [9.17, 15) is 4.79 Å². The summed E-state index contributed by atoms with van der Waals surface area (Å²) < 4.78 is 5.82. The molecular weight excluding hydrogens is 472 g/mol. The van der Waals surface area contributed by atoms with Crippen molar-refractivity contribution in [3.05, 3.63) is 48.3 Å². The van der Waals surface area contributed by atoms with E-state index in [2.05, 4.69) is 51.8 Å². The highest BCUT2D eigenvalue weighted by Crippen LogP contribution is 2.31. The largest absolute Gasteiger partial charge is 0.374 e. The second kappa shape index (κ2) is 12.5. The smallest absolute Gasteiger partial charge is 0.222 e. The number of hydrogen-bond donors (Lipinski definition) is 2. The molecule has 36 heavy (non-hydrogen) atoms. The molecule has 192 valence electrons. The minimum Gasteiger partial charge on any atom is -0.374 e. The molecule has 0 radical (unpaired) electrons. The highest BCUT2D eigenvalue weighted by Gasteiger charge is 2.23. The van der Waals surface area contributed by atoms with Crippen LogP contribution in [0.4, 0.5) is 5.82 Å². The molecule has 2 fully saturated rings. The highest BCUT2D eigenvalue weighted by molar-refractivity contribution is 7.59. The van der Waals surface area contributed by atoms with Crippen molar-refractivity contribution in [2.24, 2.45) is 0 Å². The molecule has 9 heteroatoms. The number of anilines is 1. The summed E-state index contributed by atoms with van der Waals surface area (Å²) in [6, 6.07) is 10.7. The minimum absolute atomic E-state index is 0. The number of benzene rings is 1. The van der Waals surface area contributed by atoms with Crippen LogP contribution in [0, 0.1) is 0 Å². The Bertz CT molecular complexity index is 1140. The number of rotatable bonds is 7. The van der Waals surface area contributed by atoms with Gasteiger partial charge in [0.05, 0.1) is 23.9 Å². The maximum Gasteiger partial charge on any atom is 0.222 e. The van der Waals surface area contributed by atoms with Crippen molar-refractivity contribution in [1.29, 1.82) is 0 Å². The molecule has 2 aliphatic rings. The molecule has 2 N–H and O–H groups in total. The topological polar surface area (TPSA) is 92.3 Å². The second-order valence-electron chi connectivity index (χ2n) is 9.39. The number of ether oxygens (including phenoxy) is 1. The summed E-state index contributed by atoms with van der Waals surface area (Å²) in [6.07, 6.45) is 7.12. The number of aromatic nitrogens is 3. The van der Waals surface area contributed by atoms with Gasteiger partial charge in [0.15, 0.2) is 5.82 Å². The van der Waals surface area contributed by atoms with Gasteiger partial charge in [0.1, 0.15) is 5.52 Å². The van der Waals surface area contributed by atoms with E-state index in [1.54, 1.807) is 12.4 Å². The van der Waals surface area contributed by atoms with Crippen LogP contribution in [0.3, 0.4) is 0 Å². The Morgan fingerprint density at radius 3 is 2.67 bits per heavy atom. The number of carbonyl (C=O) groups excluding carboxylic acids is 1. The van der Waals surface area contributed by atoms with Crippen LogP contribution < -0.4 is 10.6 Å². The summed E-state index contributed by atoms with van der Waals surface area (Å²) in [7, 11) is 0. The first kappa shape index (κ1) is 26.3. The van der Waals surface area contributed by atoms with Crippen LogP contribution in [0.25, 0.3) is 22.3 Å². The lowest BCUT2D eigenvalue weighted by Crippen LogP contribution is -2.42. The molecule has 3 aromatic rings. The second-order valence-corrected chi connectivity index (χ2v) is 9.39. The molecule has 4 heterocycles. The third-order valence-corrected chi connectivity index (χ3v) is 6.95. The molecule has 0 unspecified atom stereocenters. The fourth-order valence-electron chi connectivity index (χ4n) is 4.96. The van der Waals surface area contributed by atoms with Gasteiger partial charge in [-0.1, -0.05) is 31.2 Å². The van der Waals surface area contributed by atoms with Gasteiger partial charge in [-0.25, -0.2) is 9.97 Å².